The van der Waals surface area contributed by atoms with Gasteiger partial charge in [-0.25, -0.2) is 0 Å². The minimum atomic E-state index is 1.04. The normalized spacial score (nSPS) is 16.4. The van der Waals surface area contributed by atoms with Crippen LogP contribution in [0.1, 0.15) is 58.3 Å². The zero-order chi connectivity index (χ0) is 9.36. The molecular weight excluding hydrogens is 158 g/mol. The molecule has 0 aromatic heterocycles. The van der Waals surface area contributed by atoms with Gasteiger partial charge in [0.25, 0.3) is 0 Å². The van der Waals surface area contributed by atoms with Crippen LogP contribution in [-0.2, 0) is 0 Å². The molecule has 1 N–H and O–H groups in total. The highest BCUT2D eigenvalue weighted by Gasteiger charge is 2.19. The van der Waals surface area contributed by atoms with Crippen LogP contribution in [0.15, 0.2) is 0 Å². The molecule has 13 heavy (non-hydrogen) atoms. The average Bonchev–Trinajstić information content (AvgIpc) is 2.93. The van der Waals surface area contributed by atoms with E-state index in [1.807, 2.05) is 0 Å². The van der Waals surface area contributed by atoms with Crippen molar-refractivity contribution < 1.29 is 0 Å². The lowest BCUT2D eigenvalue weighted by Gasteiger charge is -2.02. The molecule has 0 heterocycles. The molecule has 0 saturated heterocycles. The fourth-order valence-corrected chi connectivity index (χ4v) is 1.66. The maximum atomic E-state index is 3.54. The van der Waals surface area contributed by atoms with Gasteiger partial charge in [-0.2, -0.15) is 0 Å². The summed E-state index contributed by atoms with van der Waals surface area (Å²) < 4.78 is 0. The van der Waals surface area contributed by atoms with E-state index in [4.69, 9.17) is 0 Å². The molecule has 78 valence electrons. The summed E-state index contributed by atoms with van der Waals surface area (Å²) in [7, 11) is 0. The molecule has 1 rings (SSSR count). The lowest BCUT2D eigenvalue weighted by atomic mass is 10.1. The quantitative estimate of drug-likeness (QED) is 0.541. The van der Waals surface area contributed by atoms with Crippen LogP contribution < -0.4 is 5.32 Å². The van der Waals surface area contributed by atoms with Gasteiger partial charge in [0.2, 0.25) is 0 Å². The van der Waals surface area contributed by atoms with Crippen molar-refractivity contribution in [2.24, 2.45) is 5.92 Å². The van der Waals surface area contributed by atoms with Crippen molar-refractivity contribution in [3.8, 4) is 0 Å². The van der Waals surface area contributed by atoms with Gasteiger partial charge in [0.15, 0.2) is 0 Å². The molecule has 0 aromatic rings. The Bertz CT molecular complexity index is 108. The molecular formula is C12H25N. The van der Waals surface area contributed by atoms with Crippen LogP contribution in [0.4, 0.5) is 0 Å². The molecule has 0 unspecified atom stereocenters. The SMILES string of the molecule is CCCCCCCCNCC1CC1. The van der Waals surface area contributed by atoms with Crippen LogP contribution in [0.25, 0.3) is 0 Å². The first-order chi connectivity index (χ1) is 6.43. The highest BCUT2D eigenvalue weighted by Crippen LogP contribution is 2.27. The Morgan fingerprint density at radius 1 is 1.00 bits per heavy atom. The Morgan fingerprint density at radius 3 is 2.38 bits per heavy atom. The van der Waals surface area contributed by atoms with Gasteiger partial charge in [-0.05, 0) is 38.3 Å². The van der Waals surface area contributed by atoms with Gasteiger partial charge in [0.05, 0.1) is 0 Å². The second-order valence-electron chi connectivity index (χ2n) is 4.42. The zero-order valence-electron chi connectivity index (χ0n) is 9.15. The van der Waals surface area contributed by atoms with Crippen molar-refractivity contribution in [2.75, 3.05) is 13.1 Å². The molecule has 1 fully saturated rings. The van der Waals surface area contributed by atoms with E-state index in [1.54, 1.807) is 0 Å². The Labute approximate surface area is 83.3 Å². The fourth-order valence-electron chi connectivity index (χ4n) is 1.66. The van der Waals surface area contributed by atoms with Crippen LogP contribution in [0, 0.1) is 5.92 Å². The van der Waals surface area contributed by atoms with E-state index >= 15 is 0 Å². The molecule has 0 spiro atoms. The van der Waals surface area contributed by atoms with Crippen molar-refractivity contribution in [1.82, 2.24) is 5.32 Å². The fraction of sp³-hybridized carbons (Fsp3) is 1.00. The Kier molecular flexibility index (Phi) is 6.26. The molecule has 0 bridgehead atoms. The molecule has 1 heteroatoms. The van der Waals surface area contributed by atoms with E-state index in [2.05, 4.69) is 12.2 Å². The third-order valence-electron chi connectivity index (χ3n) is 2.84. The molecule has 0 amide bonds. The minimum Gasteiger partial charge on any atom is -0.316 e. The molecule has 1 aliphatic rings. The monoisotopic (exact) mass is 183 g/mol. The van der Waals surface area contributed by atoms with Gasteiger partial charge < -0.3 is 5.32 Å². The second-order valence-corrected chi connectivity index (χ2v) is 4.42. The number of rotatable bonds is 9. The first-order valence-corrected chi connectivity index (χ1v) is 6.14. The van der Waals surface area contributed by atoms with Crippen LogP contribution in [0.3, 0.4) is 0 Å². The van der Waals surface area contributed by atoms with Crippen LogP contribution in [0.5, 0.6) is 0 Å². The predicted molar refractivity (Wildman–Crippen MR) is 59.0 cm³/mol. The van der Waals surface area contributed by atoms with Crippen molar-refractivity contribution in [3.05, 3.63) is 0 Å². The molecule has 0 radical (unpaired) electrons. The van der Waals surface area contributed by atoms with Crippen molar-refractivity contribution in [2.45, 2.75) is 58.3 Å². The van der Waals surface area contributed by atoms with E-state index in [0.717, 1.165) is 5.92 Å². The Hall–Kier alpha value is -0.0400. The van der Waals surface area contributed by atoms with Crippen molar-refractivity contribution >= 4 is 0 Å². The van der Waals surface area contributed by atoms with Crippen molar-refractivity contribution in [3.63, 3.8) is 0 Å². The maximum Gasteiger partial charge on any atom is -0.00205 e. The van der Waals surface area contributed by atoms with E-state index in [-0.39, 0.29) is 0 Å². The minimum absolute atomic E-state index is 1.04. The van der Waals surface area contributed by atoms with E-state index < -0.39 is 0 Å². The Balaban J connectivity index is 1.63. The van der Waals surface area contributed by atoms with Crippen LogP contribution in [0.2, 0.25) is 0 Å². The summed E-state index contributed by atoms with van der Waals surface area (Å²) in [6, 6.07) is 0. The largest absolute Gasteiger partial charge is 0.316 e. The number of hydrogen-bond acceptors (Lipinski definition) is 1. The topological polar surface area (TPSA) is 12.0 Å². The molecule has 0 atom stereocenters. The number of unbranched alkanes of at least 4 members (excludes halogenated alkanes) is 5. The van der Waals surface area contributed by atoms with Crippen LogP contribution >= 0.6 is 0 Å². The average molecular weight is 183 g/mol. The van der Waals surface area contributed by atoms with Gasteiger partial charge in [-0.3, -0.25) is 0 Å². The van der Waals surface area contributed by atoms with Gasteiger partial charge >= 0.3 is 0 Å². The summed E-state index contributed by atoms with van der Waals surface area (Å²) >= 11 is 0. The van der Waals surface area contributed by atoms with E-state index in [0.29, 0.717) is 0 Å². The van der Waals surface area contributed by atoms with Gasteiger partial charge in [0, 0.05) is 0 Å². The van der Waals surface area contributed by atoms with Gasteiger partial charge in [0.1, 0.15) is 0 Å². The number of hydrogen-bond donors (Lipinski definition) is 1. The molecule has 1 nitrogen and oxygen atoms in total. The van der Waals surface area contributed by atoms with Gasteiger partial charge in [-0.15, -0.1) is 0 Å². The lowest BCUT2D eigenvalue weighted by Crippen LogP contribution is -2.17. The summed E-state index contributed by atoms with van der Waals surface area (Å²) in [5, 5.41) is 3.54. The standard InChI is InChI=1S/C12H25N/c1-2-3-4-5-6-7-10-13-11-12-8-9-12/h12-13H,2-11H2,1H3. The van der Waals surface area contributed by atoms with Crippen molar-refractivity contribution in [1.29, 1.82) is 0 Å². The first kappa shape index (κ1) is 11.0. The first-order valence-electron chi connectivity index (χ1n) is 6.14. The highest BCUT2D eigenvalue weighted by molar-refractivity contribution is 4.74. The van der Waals surface area contributed by atoms with E-state index in [9.17, 15) is 0 Å². The molecule has 1 saturated carbocycles. The number of nitrogens with one attached hydrogen (secondary N) is 1. The molecule has 1 aliphatic carbocycles. The third kappa shape index (κ3) is 7.06. The van der Waals surface area contributed by atoms with Crippen LogP contribution in [-0.4, -0.2) is 13.1 Å². The molecule has 0 aliphatic heterocycles. The smallest absolute Gasteiger partial charge is 0.00205 e. The highest BCUT2D eigenvalue weighted by atomic mass is 14.9. The van der Waals surface area contributed by atoms with E-state index in [1.165, 1.54) is 64.5 Å². The maximum absolute atomic E-state index is 3.54. The zero-order valence-corrected chi connectivity index (χ0v) is 9.15. The Morgan fingerprint density at radius 2 is 1.69 bits per heavy atom. The third-order valence-corrected chi connectivity index (χ3v) is 2.84. The van der Waals surface area contributed by atoms with Gasteiger partial charge in [-0.1, -0.05) is 39.0 Å². The summed E-state index contributed by atoms with van der Waals surface area (Å²) in [5.41, 5.74) is 0. The summed E-state index contributed by atoms with van der Waals surface area (Å²) in [4.78, 5) is 0. The predicted octanol–water partition coefficient (Wildman–Crippen LogP) is 3.35. The molecule has 0 aromatic carbocycles. The summed E-state index contributed by atoms with van der Waals surface area (Å²) in [6.07, 6.45) is 11.4. The summed E-state index contributed by atoms with van der Waals surface area (Å²) in [6.45, 7) is 4.81. The second kappa shape index (κ2) is 7.37. The summed E-state index contributed by atoms with van der Waals surface area (Å²) in [5.74, 6) is 1.04. The lowest BCUT2D eigenvalue weighted by molar-refractivity contribution is 0.560.